The third-order valence-corrected chi connectivity index (χ3v) is 5.14. The number of aliphatic hydroxyl groups is 1. The van der Waals surface area contributed by atoms with Crippen LogP contribution < -0.4 is 0 Å². The average molecular weight is 288 g/mol. The van der Waals surface area contributed by atoms with Crippen LogP contribution in [-0.4, -0.2) is 24.4 Å². The van der Waals surface area contributed by atoms with Gasteiger partial charge in [-0.25, -0.2) is 8.42 Å². The molecule has 1 aromatic carbocycles. The van der Waals surface area contributed by atoms with Gasteiger partial charge in [0.2, 0.25) is 9.84 Å². The Morgan fingerprint density at radius 3 is 2.37 bits per heavy atom. The number of halogens is 2. The van der Waals surface area contributed by atoms with Crippen molar-refractivity contribution in [3.05, 3.63) is 42.5 Å². The Morgan fingerprint density at radius 1 is 1.21 bits per heavy atom. The summed E-state index contributed by atoms with van der Waals surface area (Å²) in [6.07, 6.45) is 2.90. The molecule has 1 atom stereocenters. The first-order chi connectivity index (χ1) is 8.81. The highest BCUT2D eigenvalue weighted by Gasteiger charge is 2.61. The average Bonchev–Trinajstić information content (AvgIpc) is 2.40. The van der Waals surface area contributed by atoms with Crippen LogP contribution in [0.3, 0.4) is 0 Å². The second kappa shape index (κ2) is 4.68. The molecule has 19 heavy (non-hydrogen) atoms. The Hall–Kier alpha value is -1.27. The minimum atomic E-state index is -4.93. The van der Waals surface area contributed by atoms with Crippen LogP contribution in [0.5, 0.6) is 0 Å². The number of allylic oxidation sites excluding steroid dienone is 1. The first-order valence-electron chi connectivity index (χ1n) is 5.89. The summed E-state index contributed by atoms with van der Waals surface area (Å²) < 4.78 is 52.6. The van der Waals surface area contributed by atoms with E-state index in [2.05, 4.69) is 0 Å². The van der Waals surface area contributed by atoms with Gasteiger partial charge in [0.1, 0.15) is 0 Å². The number of sulfone groups is 1. The molecule has 0 aliphatic heterocycles. The van der Waals surface area contributed by atoms with E-state index in [0.717, 1.165) is 18.2 Å². The third kappa shape index (κ3) is 2.19. The lowest BCUT2D eigenvalue weighted by atomic mass is 9.91. The highest BCUT2D eigenvalue weighted by Crippen LogP contribution is 2.43. The molecule has 1 aliphatic carbocycles. The largest absolute Gasteiger partial charge is 0.381 e. The van der Waals surface area contributed by atoms with Crippen molar-refractivity contribution in [1.29, 1.82) is 0 Å². The minimum absolute atomic E-state index is 0.275. The molecular formula is C13H14F2O3S. The zero-order valence-electron chi connectivity index (χ0n) is 10.1. The van der Waals surface area contributed by atoms with Crippen LogP contribution in [0.15, 0.2) is 47.4 Å². The lowest BCUT2D eigenvalue weighted by molar-refractivity contribution is -0.102. The van der Waals surface area contributed by atoms with E-state index < -0.39 is 25.6 Å². The molecule has 2 rings (SSSR count). The first-order valence-corrected chi connectivity index (χ1v) is 7.37. The lowest BCUT2D eigenvalue weighted by Crippen LogP contribution is -2.52. The van der Waals surface area contributed by atoms with Crippen molar-refractivity contribution < 1.29 is 22.3 Å². The molecular weight excluding hydrogens is 274 g/mol. The Labute approximate surface area is 110 Å². The maximum atomic E-state index is 14.3. The predicted molar refractivity (Wildman–Crippen MR) is 66.5 cm³/mol. The highest BCUT2D eigenvalue weighted by molar-refractivity contribution is 7.92. The Kier molecular flexibility index (Phi) is 3.49. The fourth-order valence-electron chi connectivity index (χ4n) is 2.07. The topological polar surface area (TPSA) is 54.4 Å². The molecule has 1 aromatic rings. The monoisotopic (exact) mass is 288 g/mol. The molecule has 3 nitrogen and oxygen atoms in total. The second-order valence-corrected chi connectivity index (χ2v) is 6.54. The van der Waals surface area contributed by atoms with Gasteiger partial charge in [0, 0.05) is 0 Å². The van der Waals surface area contributed by atoms with Gasteiger partial charge in [0.05, 0.1) is 4.90 Å². The van der Waals surface area contributed by atoms with E-state index in [1.54, 1.807) is 0 Å². The van der Waals surface area contributed by atoms with Crippen molar-refractivity contribution in [3.8, 4) is 0 Å². The molecule has 0 saturated heterocycles. The summed E-state index contributed by atoms with van der Waals surface area (Å²) in [6.45, 7) is 0. The van der Waals surface area contributed by atoms with E-state index >= 15 is 0 Å². The van der Waals surface area contributed by atoms with Gasteiger partial charge in [-0.2, -0.15) is 8.78 Å². The van der Waals surface area contributed by atoms with Crippen molar-refractivity contribution in [2.45, 2.75) is 35.0 Å². The van der Waals surface area contributed by atoms with Crippen molar-refractivity contribution in [2.24, 2.45) is 0 Å². The molecule has 104 valence electrons. The van der Waals surface area contributed by atoms with Crippen molar-refractivity contribution in [1.82, 2.24) is 0 Å². The van der Waals surface area contributed by atoms with Gasteiger partial charge in [-0.3, -0.25) is 0 Å². The molecule has 1 N–H and O–H groups in total. The molecule has 0 fully saturated rings. The maximum absolute atomic E-state index is 14.3. The molecule has 0 spiro atoms. The molecule has 0 amide bonds. The zero-order chi connectivity index (χ0) is 14.1. The fourth-order valence-corrected chi connectivity index (χ4v) is 3.52. The number of hydrogen-bond acceptors (Lipinski definition) is 3. The molecule has 1 aliphatic rings. The van der Waals surface area contributed by atoms with Crippen LogP contribution in [0.1, 0.15) is 19.3 Å². The van der Waals surface area contributed by atoms with Gasteiger partial charge in [0.25, 0.3) is 0 Å². The van der Waals surface area contributed by atoms with Crippen LogP contribution in [0, 0.1) is 0 Å². The molecule has 0 heterocycles. The SMILES string of the molecule is O=S(=O)(c1ccccc1)C(F)(F)C1(O)C=CCCC1. The van der Waals surface area contributed by atoms with Gasteiger partial charge in [0.15, 0.2) is 5.60 Å². The predicted octanol–water partition coefficient (Wildman–Crippen LogP) is 2.52. The normalized spacial score (nSPS) is 24.4. The Morgan fingerprint density at radius 2 is 1.84 bits per heavy atom. The van der Waals surface area contributed by atoms with E-state index in [0.29, 0.717) is 12.8 Å². The van der Waals surface area contributed by atoms with E-state index in [1.165, 1.54) is 24.3 Å². The van der Waals surface area contributed by atoms with Gasteiger partial charge >= 0.3 is 5.25 Å². The van der Waals surface area contributed by atoms with E-state index in [-0.39, 0.29) is 6.42 Å². The molecule has 0 saturated carbocycles. The second-order valence-electron chi connectivity index (χ2n) is 4.55. The van der Waals surface area contributed by atoms with Crippen LogP contribution in [0.2, 0.25) is 0 Å². The summed E-state index contributed by atoms with van der Waals surface area (Å²) in [5.41, 5.74) is -2.64. The highest BCUT2D eigenvalue weighted by atomic mass is 32.2. The number of alkyl halides is 2. The van der Waals surface area contributed by atoms with E-state index in [4.69, 9.17) is 0 Å². The van der Waals surface area contributed by atoms with Crippen LogP contribution in [-0.2, 0) is 9.84 Å². The van der Waals surface area contributed by atoms with Crippen LogP contribution in [0.25, 0.3) is 0 Å². The van der Waals surface area contributed by atoms with Gasteiger partial charge in [-0.15, -0.1) is 0 Å². The van der Waals surface area contributed by atoms with Crippen molar-refractivity contribution in [3.63, 3.8) is 0 Å². The smallest absolute Gasteiger partial charge is 0.378 e. The van der Waals surface area contributed by atoms with Gasteiger partial charge in [-0.1, -0.05) is 24.3 Å². The van der Waals surface area contributed by atoms with Crippen LogP contribution in [0.4, 0.5) is 8.78 Å². The Balaban J connectivity index is 2.50. The van der Waals surface area contributed by atoms with Crippen molar-refractivity contribution in [2.75, 3.05) is 0 Å². The number of benzene rings is 1. The minimum Gasteiger partial charge on any atom is -0.378 e. The van der Waals surface area contributed by atoms with E-state index in [1.807, 2.05) is 0 Å². The van der Waals surface area contributed by atoms with Gasteiger partial charge in [-0.05, 0) is 37.5 Å². The summed E-state index contributed by atoms with van der Waals surface area (Å²) in [5, 5.41) is 5.73. The fraction of sp³-hybridized carbons (Fsp3) is 0.385. The Bertz CT molecular complexity index is 581. The van der Waals surface area contributed by atoms with Gasteiger partial charge < -0.3 is 5.11 Å². The van der Waals surface area contributed by atoms with E-state index in [9.17, 15) is 22.3 Å². The van der Waals surface area contributed by atoms with Crippen LogP contribution >= 0.6 is 0 Å². The maximum Gasteiger partial charge on any atom is 0.381 e. The molecule has 0 aromatic heterocycles. The number of hydrogen-bond donors (Lipinski definition) is 1. The summed E-state index contributed by atoms with van der Waals surface area (Å²) in [7, 11) is -4.93. The molecule has 0 radical (unpaired) electrons. The standard InChI is InChI=1S/C13H14F2O3S/c14-13(15,12(16)9-5-2-6-10-12)19(17,18)11-7-3-1-4-8-11/h1,3-5,7-9,16H,2,6,10H2. The molecule has 6 heteroatoms. The lowest BCUT2D eigenvalue weighted by Gasteiger charge is -2.34. The third-order valence-electron chi connectivity index (χ3n) is 3.22. The molecule has 1 unspecified atom stereocenters. The first kappa shape index (κ1) is 14.1. The summed E-state index contributed by atoms with van der Waals surface area (Å²) in [4.78, 5) is -0.493. The summed E-state index contributed by atoms with van der Waals surface area (Å²) >= 11 is 0. The number of rotatable bonds is 3. The zero-order valence-corrected chi connectivity index (χ0v) is 10.9. The summed E-state index contributed by atoms with van der Waals surface area (Å²) in [5.74, 6) is 0. The van der Waals surface area contributed by atoms with Crippen molar-refractivity contribution >= 4 is 9.84 Å². The quantitative estimate of drug-likeness (QED) is 0.870. The molecule has 0 bridgehead atoms. The summed E-state index contributed by atoms with van der Waals surface area (Å²) in [6, 6.07) is 6.46.